The van der Waals surface area contributed by atoms with E-state index in [2.05, 4.69) is 0 Å². The summed E-state index contributed by atoms with van der Waals surface area (Å²) >= 11 is 0. The quantitative estimate of drug-likeness (QED) is 0.371. The van der Waals surface area contributed by atoms with E-state index in [0.29, 0.717) is 38.1 Å². The number of fused-ring (bicyclic) bond motifs is 1. The van der Waals surface area contributed by atoms with Crippen molar-refractivity contribution in [3.63, 3.8) is 0 Å². The summed E-state index contributed by atoms with van der Waals surface area (Å²) in [6, 6.07) is 13.7. The van der Waals surface area contributed by atoms with Crippen LogP contribution in [0.15, 0.2) is 48.5 Å². The molecule has 49 heavy (non-hydrogen) atoms. The molecule has 6 atom stereocenters. The minimum atomic E-state index is -1.83. The number of ether oxygens (including phenoxy) is 4. The Morgan fingerprint density at radius 2 is 1.73 bits per heavy atom. The molecule has 2 aromatic rings. The first-order chi connectivity index (χ1) is 23.3. The van der Waals surface area contributed by atoms with Gasteiger partial charge in [-0.15, -0.1) is 0 Å². The molecule has 1 unspecified atom stereocenters. The summed E-state index contributed by atoms with van der Waals surface area (Å²) in [4.78, 5) is 72.0. The van der Waals surface area contributed by atoms with E-state index in [0.717, 1.165) is 17.7 Å². The van der Waals surface area contributed by atoms with Crippen molar-refractivity contribution < 1.29 is 48.0 Å². The lowest BCUT2D eigenvalue weighted by Crippen LogP contribution is -2.66. The smallest absolute Gasteiger partial charge is 0.338 e. The first-order valence-electron chi connectivity index (χ1n) is 17.1. The summed E-state index contributed by atoms with van der Waals surface area (Å²) in [6.45, 7) is 7.05. The van der Waals surface area contributed by atoms with Crippen LogP contribution >= 0.6 is 0 Å². The van der Waals surface area contributed by atoms with Crippen molar-refractivity contribution in [2.24, 2.45) is 22.2 Å². The molecule has 258 valence electrons. The number of piperidine rings is 1. The number of esters is 3. The zero-order valence-corrected chi connectivity index (χ0v) is 27.8. The highest BCUT2D eigenvalue weighted by atomic mass is 16.6. The molecule has 6 aliphatic rings. The van der Waals surface area contributed by atoms with Gasteiger partial charge in [0.1, 0.15) is 22.7 Å². The standard InChI is InChI=1S/C37H40N2O10/c1-34(2,3)36(45)18-26-35(19-27(40)47-26)33(44)49-32-37(35,36)28(48-31(43)22-7-5-4-6-8-22)30(42)39(32)20-21-11-14-38(15-12-21)29(41)24-9-10-25-23(17-24)13-16-46-25/h4-10,17,21,26,28,32,45H,11-16,18-20H2,1-3H3/t26-,28-,32-,35-,36+,37?/m0/s1. The Kier molecular flexibility index (Phi) is 6.99. The number of aliphatic hydroxyl groups is 1. The van der Waals surface area contributed by atoms with Crippen LogP contribution < -0.4 is 4.74 Å². The van der Waals surface area contributed by atoms with Gasteiger partial charge in [-0.3, -0.25) is 19.2 Å². The van der Waals surface area contributed by atoms with Crippen LogP contribution in [0.5, 0.6) is 5.75 Å². The average molecular weight is 673 g/mol. The molecule has 5 aliphatic heterocycles. The van der Waals surface area contributed by atoms with Gasteiger partial charge in [-0.2, -0.15) is 0 Å². The van der Waals surface area contributed by atoms with Gasteiger partial charge < -0.3 is 33.9 Å². The normalized spacial score (nSPS) is 33.4. The first kappa shape index (κ1) is 31.8. The second-order valence-corrected chi connectivity index (χ2v) is 15.4. The summed E-state index contributed by atoms with van der Waals surface area (Å²) in [5.41, 5.74) is -4.54. The second kappa shape index (κ2) is 10.8. The Labute approximate surface area is 283 Å². The topological polar surface area (TPSA) is 149 Å². The monoisotopic (exact) mass is 672 g/mol. The van der Waals surface area contributed by atoms with E-state index in [1.165, 1.54) is 4.90 Å². The van der Waals surface area contributed by atoms with Crippen LogP contribution in [-0.4, -0.2) is 94.9 Å². The Hall–Kier alpha value is -4.45. The third-order valence-electron chi connectivity index (χ3n) is 12.1. The van der Waals surface area contributed by atoms with Gasteiger partial charge >= 0.3 is 17.9 Å². The Morgan fingerprint density at radius 3 is 2.45 bits per heavy atom. The lowest BCUT2D eigenvalue weighted by Gasteiger charge is -2.51. The maximum atomic E-state index is 14.7. The number of carbonyl (C=O) groups excluding carboxylic acids is 5. The molecule has 12 nitrogen and oxygen atoms in total. The van der Waals surface area contributed by atoms with E-state index >= 15 is 0 Å². The highest BCUT2D eigenvalue weighted by molar-refractivity contribution is 5.99. The van der Waals surface area contributed by atoms with Crippen molar-refractivity contribution in [1.82, 2.24) is 9.80 Å². The number of benzene rings is 2. The van der Waals surface area contributed by atoms with Gasteiger partial charge in [0.25, 0.3) is 11.8 Å². The van der Waals surface area contributed by atoms with Crippen molar-refractivity contribution in [3.8, 4) is 5.75 Å². The fraction of sp³-hybridized carbons (Fsp3) is 0.541. The SMILES string of the molecule is CC(C)(C)[C@]1(O)C[C@@H]2OC(=O)C[C@@]23C(=O)O[C@@H]2N(CC4CCN(C(=O)c5ccc6c(c5)CCO6)CC4)C(=O)[C@H](OC(=O)c4ccccc4)C213. The molecular weight excluding hydrogens is 632 g/mol. The van der Waals surface area contributed by atoms with Crippen molar-refractivity contribution in [1.29, 1.82) is 0 Å². The zero-order chi connectivity index (χ0) is 34.5. The Bertz CT molecular complexity index is 1760. The third kappa shape index (κ3) is 4.22. The van der Waals surface area contributed by atoms with Crippen molar-refractivity contribution in [3.05, 3.63) is 65.2 Å². The third-order valence-corrected chi connectivity index (χ3v) is 12.1. The molecule has 2 amide bonds. The second-order valence-electron chi connectivity index (χ2n) is 15.4. The maximum absolute atomic E-state index is 14.7. The van der Waals surface area contributed by atoms with E-state index < -0.39 is 70.5 Å². The number of carbonyl (C=O) groups is 5. The van der Waals surface area contributed by atoms with Gasteiger partial charge in [-0.05, 0) is 60.1 Å². The van der Waals surface area contributed by atoms with Crippen LogP contribution in [0.4, 0.5) is 0 Å². The van der Waals surface area contributed by atoms with Gasteiger partial charge in [0.05, 0.1) is 24.2 Å². The number of likely N-dealkylation sites (tertiary alicyclic amines) is 2. The number of hydrogen-bond acceptors (Lipinski definition) is 10. The zero-order valence-electron chi connectivity index (χ0n) is 27.8. The number of amides is 2. The molecule has 1 N–H and O–H groups in total. The molecular formula is C37H40N2O10. The summed E-state index contributed by atoms with van der Waals surface area (Å²) in [5.74, 6) is -2.11. The summed E-state index contributed by atoms with van der Waals surface area (Å²) < 4.78 is 23.5. The lowest BCUT2D eigenvalue weighted by atomic mass is 9.52. The van der Waals surface area contributed by atoms with Gasteiger partial charge in [-0.1, -0.05) is 39.0 Å². The molecule has 5 heterocycles. The molecule has 2 spiro atoms. The van der Waals surface area contributed by atoms with Crippen molar-refractivity contribution in [2.45, 2.75) is 76.9 Å². The molecule has 0 bridgehead atoms. The molecule has 0 radical (unpaired) electrons. The summed E-state index contributed by atoms with van der Waals surface area (Å²) in [7, 11) is 0. The predicted molar refractivity (Wildman–Crippen MR) is 170 cm³/mol. The van der Waals surface area contributed by atoms with E-state index in [1.807, 2.05) is 12.1 Å². The minimum absolute atomic E-state index is 0.0676. The fourth-order valence-corrected chi connectivity index (χ4v) is 9.63. The van der Waals surface area contributed by atoms with Crippen molar-refractivity contribution >= 4 is 29.7 Å². The van der Waals surface area contributed by atoms with E-state index in [4.69, 9.17) is 18.9 Å². The highest BCUT2D eigenvalue weighted by Crippen LogP contribution is 2.76. The number of nitrogens with zero attached hydrogens (tertiary/aromatic N) is 2. The highest BCUT2D eigenvalue weighted by Gasteiger charge is 2.93. The molecule has 1 saturated carbocycles. The Balaban J connectivity index is 1.11. The summed E-state index contributed by atoms with van der Waals surface area (Å²) in [6.07, 6.45) is -2.61. The molecule has 12 heteroatoms. The number of rotatable bonds is 5. The first-order valence-corrected chi connectivity index (χ1v) is 17.1. The molecule has 1 aliphatic carbocycles. The van der Waals surface area contributed by atoms with Crippen molar-refractivity contribution in [2.75, 3.05) is 26.2 Å². The van der Waals surface area contributed by atoms with Crippen LogP contribution in [0.25, 0.3) is 0 Å². The number of hydrogen-bond donors (Lipinski definition) is 1. The van der Waals surface area contributed by atoms with Gasteiger partial charge in [-0.25, -0.2) is 4.79 Å². The van der Waals surface area contributed by atoms with Crippen LogP contribution in [0.1, 0.15) is 72.7 Å². The van der Waals surface area contributed by atoms with E-state index in [1.54, 1.807) is 62.1 Å². The molecule has 4 saturated heterocycles. The molecule has 5 fully saturated rings. The van der Waals surface area contributed by atoms with E-state index in [9.17, 15) is 29.1 Å². The molecule has 2 aromatic carbocycles. The van der Waals surface area contributed by atoms with Crippen LogP contribution in [-0.2, 0) is 35.0 Å². The molecule has 0 aromatic heterocycles. The summed E-state index contributed by atoms with van der Waals surface area (Å²) in [5, 5.41) is 12.9. The largest absolute Gasteiger partial charge is 0.493 e. The lowest BCUT2D eigenvalue weighted by molar-refractivity contribution is -0.212. The van der Waals surface area contributed by atoms with Crippen LogP contribution in [0, 0.1) is 22.2 Å². The molecule has 8 rings (SSSR count). The fourth-order valence-electron chi connectivity index (χ4n) is 9.63. The maximum Gasteiger partial charge on any atom is 0.338 e. The van der Waals surface area contributed by atoms with Gasteiger partial charge in [0.2, 0.25) is 0 Å². The van der Waals surface area contributed by atoms with Gasteiger partial charge in [0, 0.05) is 38.0 Å². The Morgan fingerprint density at radius 1 is 1.00 bits per heavy atom. The van der Waals surface area contributed by atoms with Crippen LogP contribution in [0.3, 0.4) is 0 Å². The van der Waals surface area contributed by atoms with Gasteiger partial charge in [0.15, 0.2) is 12.3 Å². The average Bonchev–Trinajstić information content (AvgIpc) is 3.84. The minimum Gasteiger partial charge on any atom is -0.493 e. The van der Waals surface area contributed by atoms with Crippen LogP contribution in [0.2, 0.25) is 0 Å². The predicted octanol–water partition coefficient (Wildman–Crippen LogP) is 2.89. The van der Waals surface area contributed by atoms with E-state index in [-0.39, 0.29) is 30.4 Å².